The first-order valence-electron chi connectivity index (χ1n) is 8.60. The van der Waals surface area contributed by atoms with Crippen molar-refractivity contribution in [2.45, 2.75) is 90.1 Å². The van der Waals surface area contributed by atoms with Gasteiger partial charge in [-0.15, -0.1) is 0 Å². The Hall–Kier alpha value is -0.393. The van der Waals surface area contributed by atoms with Crippen molar-refractivity contribution in [2.24, 2.45) is 5.92 Å². The number of aliphatic hydroxyl groups excluding tert-OH is 1. The van der Waals surface area contributed by atoms with Gasteiger partial charge >= 0.3 is 5.97 Å². The van der Waals surface area contributed by atoms with Gasteiger partial charge in [-0.1, -0.05) is 41.5 Å². The molecule has 1 N–H and O–H groups in total. The van der Waals surface area contributed by atoms with Crippen LogP contribution in [0.15, 0.2) is 0 Å². The van der Waals surface area contributed by atoms with Crippen LogP contribution in [0.1, 0.15) is 61.3 Å². The Kier molecular flexibility index (Phi) is 7.08. The van der Waals surface area contributed by atoms with Crippen LogP contribution in [-0.2, 0) is 14.0 Å². The Morgan fingerprint density at radius 1 is 1.09 bits per heavy atom. The van der Waals surface area contributed by atoms with Gasteiger partial charge in [0.1, 0.15) is 6.10 Å². The van der Waals surface area contributed by atoms with Crippen LogP contribution in [0.4, 0.5) is 0 Å². The molecule has 0 aromatic heterocycles. The summed E-state index contributed by atoms with van der Waals surface area (Å²) in [6, 6.07) is 0. The second-order valence-corrected chi connectivity index (χ2v) is 13.0. The summed E-state index contributed by atoms with van der Waals surface area (Å²) in [7, 11) is -1.97. The molecular weight excluding hydrogens is 296 g/mol. The topological polar surface area (TPSA) is 55.8 Å². The van der Waals surface area contributed by atoms with Gasteiger partial charge in [-0.3, -0.25) is 4.79 Å². The zero-order chi connectivity index (χ0) is 17.1. The van der Waals surface area contributed by atoms with E-state index in [4.69, 9.17) is 9.16 Å². The molecule has 0 bridgehead atoms. The van der Waals surface area contributed by atoms with E-state index in [0.717, 1.165) is 0 Å². The lowest BCUT2D eigenvalue weighted by Gasteiger charge is -2.45. The molecule has 1 fully saturated rings. The van der Waals surface area contributed by atoms with Crippen molar-refractivity contribution in [3.63, 3.8) is 0 Å². The van der Waals surface area contributed by atoms with Crippen LogP contribution >= 0.6 is 0 Å². The highest BCUT2D eigenvalue weighted by Crippen LogP contribution is 2.45. The standard InChI is InChI=1S/C17H34O4Si/c1-11(2)22(12(3)4,13(5)6)21-17-9-16(20-14(7)19)8-15(17)10-18/h11-13,15-18H,8-10H2,1-7H3. The third-order valence-corrected chi connectivity index (χ3v) is 11.3. The molecule has 0 aliphatic heterocycles. The largest absolute Gasteiger partial charge is 0.462 e. The summed E-state index contributed by atoms with van der Waals surface area (Å²) in [5, 5.41) is 9.70. The molecule has 0 aromatic rings. The molecule has 0 heterocycles. The highest BCUT2D eigenvalue weighted by atomic mass is 28.4. The molecular formula is C17H34O4Si. The predicted molar refractivity (Wildman–Crippen MR) is 91.3 cm³/mol. The third kappa shape index (κ3) is 4.12. The number of aliphatic hydroxyl groups is 1. The van der Waals surface area contributed by atoms with Crippen LogP contribution < -0.4 is 0 Å². The van der Waals surface area contributed by atoms with Gasteiger partial charge in [0.05, 0.1) is 6.10 Å². The summed E-state index contributed by atoms with van der Waals surface area (Å²) >= 11 is 0. The molecule has 0 amide bonds. The molecule has 0 saturated heterocycles. The monoisotopic (exact) mass is 330 g/mol. The van der Waals surface area contributed by atoms with Crippen molar-refractivity contribution in [3.05, 3.63) is 0 Å². The van der Waals surface area contributed by atoms with E-state index in [9.17, 15) is 9.90 Å². The Morgan fingerprint density at radius 3 is 1.95 bits per heavy atom. The summed E-state index contributed by atoms with van der Waals surface area (Å²) < 4.78 is 12.1. The number of carbonyl (C=O) groups excluding carboxylic acids is 1. The smallest absolute Gasteiger partial charge is 0.302 e. The Bertz CT molecular complexity index is 346. The fourth-order valence-corrected chi connectivity index (χ4v) is 10.0. The van der Waals surface area contributed by atoms with Crippen LogP contribution in [-0.4, -0.2) is 38.2 Å². The van der Waals surface area contributed by atoms with Gasteiger partial charge < -0.3 is 14.3 Å². The average molecular weight is 331 g/mol. The lowest BCUT2D eigenvalue weighted by molar-refractivity contribution is -0.146. The van der Waals surface area contributed by atoms with Gasteiger partial charge in [-0.25, -0.2) is 0 Å². The Balaban J connectivity index is 2.94. The number of hydrogen-bond donors (Lipinski definition) is 1. The number of hydrogen-bond acceptors (Lipinski definition) is 4. The number of esters is 1. The summed E-state index contributed by atoms with van der Waals surface area (Å²) in [5.74, 6) is -0.171. The van der Waals surface area contributed by atoms with E-state index in [2.05, 4.69) is 41.5 Å². The van der Waals surface area contributed by atoms with E-state index in [1.54, 1.807) is 0 Å². The van der Waals surface area contributed by atoms with Gasteiger partial charge in [0.2, 0.25) is 8.32 Å². The minimum Gasteiger partial charge on any atom is -0.462 e. The van der Waals surface area contributed by atoms with Crippen LogP contribution in [0.3, 0.4) is 0 Å². The maximum Gasteiger partial charge on any atom is 0.302 e. The summed E-state index contributed by atoms with van der Waals surface area (Å²) in [5.41, 5.74) is 1.54. The molecule has 5 heteroatoms. The van der Waals surface area contributed by atoms with Crippen LogP contribution in [0.2, 0.25) is 16.6 Å². The third-order valence-electron chi connectivity index (χ3n) is 5.22. The lowest BCUT2D eigenvalue weighted by Crippen LogP contribution is -2.51. The molecule has 1 saturated carbocycles. The number of carbonyl (C=O) groups is 1. The van der Waals surface area contributed by atoms with Crippen molar-refractivity contribution in [3.8, 4) is 0 Å². The fraction of sp³-hybridized carbons (Fsp3) is 0.941. The van der Waals surface area contributed by atoms with Gasteiger partial charge in [0, 0.05) is 25.9 Å². The molecule has 0 radical (unpaired) electrons. The Morgan fingerprint density at radius 2 is 1.59 bits per heavy atom. The number of rotatable bonds is 7. The van der Waals surface area contributed by atoms with Crippen LogP contribution in [0.5, 0.6) is 0 Å². The zero-order valence-electron chi connectivity index (χ0n) is 15.3. The van der Waals surface area contributed by atoms with E-state index in [1.807, 2.05) is 0 Å². The maximum atomic E-state index is 11.2. The summed E-state index contributed by atoms with van der Waals surface area (Å²) in [4.78, 5) is 11.2. The molecule has 0 aromatic carbocycles. The quantitative estimate of drug-likeness (QED) is 0.568. The minimum atomic E-state index is -1.97. The van der Waals surface area contributed by atoms with Crippen molar-refractivity contribution >= 4 is 14.3 Å². The molecule has 0 spiro atoms. The van der Waals surface area contributed by atoms with E-state index in [1.165, 1.54) is 6.92 Å². The van der Waals surface area contributed by atoms with Crippen LogP contribution in [0, 0.1) is 5.92 Å². The van der Waals surface area contributed by atoms with Crippen molar-refractivity contribution in [2.75, 3.05) is 6.61 Å². The number of ether oxygens (including phenoxy) is 1. The van der Waals surface area contributed by atoms with E-state index < -0.39 is 8.32 Å². The highest BCUT2D eigenvalue weighted by molar-refractivity contribution is 6.77. The van der Waals surface area contributed by atoms with Gasteiger partial charge in [-0.05, 0) is 23.0 Å². The second kappa shape index (κ2) is 7.93. The van der Waals surface area contributed by atoms with Crippen LogP contribution in [0.25, 0.3) is 0 Å². The van der Waals surface area contributed by atoms with Crippen molar-refractivity contribution in [1.82, 2.24) is 0 Å². The SMILES string of the molecule is CC(=O)OC1CC(CO)C(O[Si](C(C)C)(C(C)C)C(C)C)C1. The first kappa shape index (κ1) is 19.7. The normalized spacial score (nSPS) is 26.2. The maximum absolute atomic E-state index is 11.2. The van der Waals surface area contributed by atoms with E-state index in [0.29, 0.717) is 29.5 Å². The lowest BCUT2D eigenvalue weighted by atomic mass is 10.1. The second-order valence-electron chi connectivity index (χ2n) is 7.62. The molecule has 22 heavy (non-hydrogen) atoms. The molecule has 1 rings (SSSR count). The molecule has 4 nitrogen and oxygen atoms in total. The molecule has 130 valence electrons. The molecule has 3 unspecified atom stereocenters. The van der Waals surface area contributed by atoms with E-state index in [-0.39, 0.29) is 30.7 Å². The van der Waals surface area contributed by atoms with Crippen molar-refractivity contribution in [1.29, 1.82) is 0 Å². The summed E-state index contributed by atoms with van der Waals surface area (Å²) in [6.07, 6.45) is 1.32. The first-order chi connectivity index (χ1) is 10.1. The van der Waals surface area contributed by atoms with Gasteiger partial charge in [-0.2, -0.15) is 0 Å². The molecule has 1 aliphatic rings. The van der Waals surface area contributed by atoms with E-state index >= 15 is 0 Å². The summed E-state index contributed by atoms with van der Waals surface area (Å²) in [6.45, 7) is 15.1. The highest BCUT2D eigenvalue weighted by Gasteiger charge is 2.49. The average Bonchev–Trinajstić information content (AvgIpc) is 2.75. The Labute approximate surface area is 136 Å². The predicted octanol–water partition coefficient (Wildman–Crippen LogP) is 3.88. The fourth-order valence-electron chi connectivity index (χ4n) is 4.38. The van der Waals surface area contributed by atoms with Gasteiger partial charge in [0.25, 0.3) is 0 Å². The molecule has 1 aliphatic carbocycles. The van der Waals surface area contributed by atoms with Crippen molar-refractivity contribution < 1.29 is 19.1 Å². The molecule has 3 atom stereocenters. The first-order valence-corrected chi connectivity index (χ1v) is 10.7. The zero-order valence-corrected chi connectivity index (χ0v) is 16.3. The van der Waals surface area contributed by atoms with Gasteiger partial charge in [0.15, 0.2) is 0 Å². The minimum absolute atomic E-state index is 0.00761.